The molecule has 238 valence electrons. The average molecular weight is 734 g/mol. The molecule has 6 aromatic rings. The first kappa shape index (κ1) is 32.2. The quantitative estimate of drug-likeness (QED) is 0.139. The van der Waals surface area contributed by atoms with Crippen molar-refractivity contribution in [2.45, 2.75) is 19.6 Å². The van der Waals surface area contributed by atoms with Gasteiger partial charge in [0.25, 0.3) is 0 Å². The minimum Gasteiger partial charge on any atom is -0.496 e. The first-order valence-electron chi connectivity index (χ1n) is 14.2. The molecule has 3 heterocycles. The number of halogens is 2. The van der Waals surface area contributed by atoms with Crippen molar-refractivity contribution in [3.8, 4) is 22.8 Å². The van der Waals surface area contributed by atoms with Gasteiger partial charge in [0.1, 0.15) is 46.1 Å². The third-order valence-electron chi connectivity index (χ3n) is 6.97. The number of fused-ring (bicyclic) bond motifs is 1. The van der Waals surface area contributed by atoms with E-state index < -0.39 is 10.3 Å². The molecule has 3 aromatic heterocycles. The van der Waals surface area contributed by atoms with E-state index in [-0.39, 0.29) is 30.4 Å². The smallest absolute Gasteiger partial charge is 0.228 e. The number of aromatic nitrogens is 4. The van der Waals surface area contributed by atoms with E-state index in [1.54, 1.807) is 37.6 Å². The lowest BCUT2D eigenvalue weighted by atomic mass is 10.1. The van der Waals surface area contributed by atoms with Gasteiger partial charge in [-0.1, -0.05) is 18.2 Å². The molecule has 0 unspecified atom stereocenters. The van der Waals surface area contributed by atoms with Crippen molar-refractivity contribution in [3.05, 3.63) is 117 Å². The number of nitrogens with one attached hydrogen (secondary N) is 2. The number of nitrogens with zero attached hydrogens (tertiary/aromatic N) is 4. The Kier molecular flexibility index (Phi) is 10.1. The van der Waals surface area contributed by atoms with Crippen molar-refractivity contribution in [2.24, 2.45) is 0 Å². The molecule has 14 heteroatoms. The fraction of sp³-hybridized carbons (Fsp3) is 0.121. The van der Waals surface area contributed by atoms with Gasteiger partial charge in [0.05, 0.1) is 29.3 Å². The molecule has 0 saturated heterocycles. The molecule has 0 aliphatic rings. The molecule has 3 aromatic carbocycles. The number of benzene rings is 3. The van der Waals surface area contributed by atoms with Crippen LogP contribution in [0.2, 0.25) is 0 Å². The van der Waals surface area contributed by atoms with E-state index in [2.05, 4.69) is 41.5 Å². The zero-order valence-corrected chi connectivity index (χ0v) is 28.0. The predicted octanol–water partition coefficient (Wildman–Crippen LogP) is 6.72. The van der Waals surface area contributed by atoms with Crippen LogP contribution in [-0.4, -0.2) is 40.5 Å². The van der Waals surface area contributed by atoms with Crippen LogP contribution < -0.4 is 20.1 Å². The van der Waals surface area contributed by atoms with Crippen LogP contribution in [0.4, 0.5) is 15.9 Å². The van der Waals surface area contributed by atoms with Gasteiger partial charge in [0.2, 0.25) is 10.3 Å². The zero-order valence-electron chi connectivity index (χ0n) is 24.8. The monoisotopic (exact) mass is 732 g/mol. The van der Waals surface area contributed by atoms with Crippen LogP contribution in [0.3, 0.4) is 0 Å². The normalized spacial score (nSPS) is 11.0. The molecule has 47 heavy (non-hydrogen) atoms. The van der Waals surface area contributed by atoms with Crippen LogP contribution >= 0.6 is 27.3 Å². The van der Waals surface area contributed by atoms with Crippen LogP contribution in [0.25, 0.3) is 22.2 Å². The summed E-state index contributed by atoms with van der Waals surface area (Å²) >= 11 is 4.97. The highest BCUT2D eigenvalue weighted by Gasteiger charge is 2.16. The summed E-state index contributed by atoms with van der Waals surface area (Å²) in [6, 6.07) is 20.9. The van der Waals surface area contributed by atoms with Gasteiger partial charge in [0, 0.05) is 46.4 Å². The summed E-state index contributed by atoms with van der Waals surface area (Å²) in [6.45, 7) is 0.449. The van der Waals surface area contributed by atoms with Crippen LogP contribution in [0.15, 0.2) is 95.2 Å². The van der Waals surface area contributed by atoms with Crippen molar-refractivity contribution in [3.63, 3.8) is 0 Å². The van der Waals surface area contributed by atoms with Gasteiger partial charge in [-0.05, 0) is 70.0 Å². The van der Waals surface area contributed by atoms with E-state index in [1.807, 2.05) is 41.8 Å². The standard InChI is InChI=1S/C33H26BrFN6O4S2/c1-44-30-15-27-25(14-24(30)28-18-46-31(41-28)16-37-32(47(42)43)13-22-7-2-3-10-36-22)33(39-19-38-27)40-23-8-9-29(26(34)12-23)45-17-20-5-4-6-21(35)11-20/h2-12,14-15,18-19,37H,13,16-17H2,1H3,(H,38,39,40). The molecule has 0 radical (unpaired) electrons. The Morgan fingerprint density at radius 3 is 2.66 bits per heavy atom. The molecule has 0 atom stereocenters. The molecule has 10 nitrogen and oxygen atoms in total. The summed E-state index contributed by atoms with van der Waals surface area (Å²) in [5, 5.41) is 9.68. The van der Waals surface area contributed by atoms with Crippen molar-refractivity contribution in [1.82, 2.24) is 25.3 Å². The summed E-state index contributed by atoms with van der Waals surface area (Å²) in [5.74, 6) is 1.45. The Hall–Kier alpha value is -4.76. The fourth-order valence-electron chi connectivity index (χ4n) is 4.71. The molecule has 0 fully saturated rings. The fourth-order valence-corrected chi connectivity index (χ4v) is 6.39. The Morgan fingerprint density at radius 1 is 1.00 bits per heavy atom. The van der Waals surface area contributed by atoms with Gasteiger partial charge in [-0.25, -0.2) is 19.3 Å². The molecular weight excluding hydrogens is 707 g/mol. The predicted molar refractivity (Wildman–Crippen MR) is 184 cm³/mol. The number of methoxy groups -OCH3 is 1. The van der Waals surface area contributed by atoms with Crippen molar-refractivity contribution in [2.75, 3.05) is 12.4 Å². The first-order chi connectivity index (χ1) is 22.9. The highest BCUT2D eigenvalue weighted by molar-refractivity contribution is 9.10. The third kappa shape index (κ3) is 7.97. The van der Waals surface area contributed by atoms with Gasteiger partial charge < -0.3 is 14.8 Å². The third-order valence-corrected chi connectivity index (χ3v) is 9.13. The van der Waals surface area contributed by atoms with E-state index in [1.165, 1.54) is 29.8 Å². The van der Waals surface area contributed by atoms with Gasteiger partial charge in [0.15, 0.2) is 0 Å². The van der Waals surface area contributed by atoms with Crippen LogP contribution in [0, 0.1) is 5.82 Å². The maximum absolute atomic E-state index is 13.5. The van der Waals surface area contributed by atoms with Crippen LogP contribution in [0.1, 0.15) is 16.3 Å². The van der Waals surface area contributed by atoms with E-state index in [0.717, 1.165) is 22.2 Å². The van der Waals surface area contributed by atoms with Crippen LogP contribution in [0.5, 0.6) is 11.5 Å². The Balaban J connectivity index is 1.21. The highest BCUT2D eigenvalue weighted by Crippen LogP contribution is 2.37. The minimum atomic E-state index is -2.43. The first-order valence-corrected chi connectivity index (χ1v) is 16.9. The van der Waals surface area contributed by atoms with E-state index >= 15 is 0 Å². The second-order valence-corrected chi connectivity index (χ2v) is 12.9. The number of ether oxygens (including phenoxy) is 2. The summed E-state index contributed by atoms with van der Waals surface area (Å²) < 4.78 is 49.5. The molecule has 0 saturated carbocycles. The number of hydrogen-bond acceptors (Lipinski definition) is 10. The van der Waals surface area contributed by atoms with Crippen molar-refractivity contribution < 1.29 is 22.3 Å². The Bertz CT molecular complexity index is 2190. The molecule has 0 aliphatic carbocycles. The molecule has 2 N–H and O–H groups in total. The van der Waals surface area contributed by atoms with E-state index in [4.69, 9.17) is 14.5 Å². The largest absolute Gasteiger partial charge is 0.496 e. The van der Waals surface area contributed by atoms with Crippen molar-refractivity contribution in [1.29, 1.82) is 0 Å². The summed E-state index contributed by atoms with van der Waals surface area (Å²) in [4.78, 5) is 18.0. The molecule has 0 aliphatic heterocycles. The second-order valence-electron chi connectivity index (χ2n) is 10.1. The van der Waals surface area contributed by atoms with Crippen LogP contribution in [-0.2, 0) is 29.9 Å². The minimum absolute atomic E-state index is 0.134. The maximum Gasteiger partial charge on any atom is 0.228 e. The lowest BCUT2D eigenvalue weighted by Crippen LogP contribution is -2.26. The maximum atomic E-state index is 13.5. The summed E-state index contributed by atoms with van der Waals surface area (Å²) in [7, 11) is -0.850. The number of thiazole rings is 1. The molecule has 0 amide bonds. The average Bonchev–Trinajstić information content (AvgIpc) is 3.55. The van der Waals surface area contributed by atoms with Gasteiger partial charge >= 0.3 is 0 Å². The molecule has 6 rings (SSSR count). The van der Waals surface area contributed by atoms with Gasteiger partial charge in [-0.2, -0.15) is 8.42 Å². The summed E-state index contributed by atoms with van der Waals surface area (Å²) in [6.07, 6.45) is 3.25. The SMILES string of the molecule is COc1cc2ncnc(Nc3ccc(OCc4cccc(F)c4)c(Br)c3)c2cc1-c1csc(CNC(Cc2ccccn2)=S(=O)=O)n1. The van der Waals surface area contributed by atoms with Gasteiger partial charge in [-0.15, -0.1) is 11.3 Å². The number of hydrogen-bond donors (Lipinski definition) is 2. The molecule has 0 spiro atoms. The lowest BCUT2D eigenvalue weighted by Gasteiger charge is -2.13. The molecular formula is C33H26BrFN6O4S2. The van der Waals surface area contributed by atoms with Gasteiger partial charge in [-0.3, -0.25) is 10.3 Å². The highest BCUT2D eigenvalue weighted by atomic mass is 79.9. The zero-order chi connectivity index (χ0) is 32.8. The Morgan fingerprint density at radius 2 is 1.89 bits per heavy atom. The number of rotatable bonds is 11. The topological polar surface area (TPSA) is 128 Å². The van der Waals surface area contributed by atoms with E-state index in [9.17, 15) is 12.8 Å². The van der Waals surface area contributed by atoms with Crippen molar-refractivity contribution >= 4 is 65.0 Å². The van der Waals surface area contributed by atoms with E-state index in [0.29, 0.717) is 43.7 Å². The number of anilines is 2. The number of pyridine rings is 1. The Labute approximate surface area is 283 Å². The molecule has 0 bridgehead atoms. The lowest BCUT2D eigenvalue weighted by molar-refractivity contribution is 0.303. The summed E-state index contributed by atoms with van der Waals surface area (Å²) in [5.41, 5.74) is 4.18. The second kappa shape index (κ2) is 14.8.